The maximum absolute atomic E-state index is 12.7. The topological polar surface area (TPSA) is 46.3 Å². The second-order valence-electron chi connectivity index (χ2n) is 5.73. The van der Waals surface area contributed by atoms with Gasteiger partial charge in [-0.2, -0.15) is 0 Å². The molecule has 0 saturated carbocycles. The highest BCUT2D eigenvalue weighted by atomic mass is 35.5. The van der Waals surface area contributed by atoms with Crippen LogP contribution >= 0.6 is 34.7 Å². The van der Waals surface area contributed by atoms with Gasteiger partial charge in [-0.3, -0.25) is 4.79 Å². The van der Waals surface area contributed by atoms with E-state index in [1.54, 1.807) is 29.5 Å². The van der Waals surface area contributed by atoms with Crippen molar-refractivity contribution < 1.29 is 9.21 Å². The lowest BCUT2D eigenvalue weighted by Crippen LogP contribution is -2.39. The van der Waals surface area contributed by atoms with Gasteiger partial charge in [0.15, 0.2) is 5.58 Å². The lowest BCUT2D eigenvalue weighted by atomic mass is 10.1. The van der Waals surface area contributed by atoms with Gasteiger partial charge in [0.2, 0.25) is 5.91 Å². The van der Waals surface area contributed by atoms with Crippen LogP contribution in [-0.2, 0) is 17.8 Å². The minimum Gasteiger partial charge on any atom is -0.431 e. The van der Waals surface area contributed by atoms with Gasteiger partial charge in [0.25, 0.3) is 5.22 Å². The van der Waals surface area contributed by atoms with Crippen molar-refractivity contribution in [3.05, 3.63) is 45.1 Å². The second-order valence-corrected chi connectivity index (χ2v) is 8.46. The Labute approximate surface area is 152 Å². The Morgan fingerprint density at radius 2 is 2.33 bits per heavy atom. The SMILES string of the molecule is CC(Sc1nc2cc(Cl)ccc2o1)C(=O)N1CCc2sccc2C1. The van der Waals surface area contributed by atoms with E-state index in [0.29, 0.717) is 27.9 Å². The predicted molar refractivity (Wildman–Crippen MR) is 97.8 cm³/mol. The number of rotatable bonds is 3. The highest BCUT2D eigenvalue weighted by molar-refractivity contribution is 8.00. The molecule has 0 saturated heterocycles. The van der Waals surface area contributed by atoms with Gasteiger partial charge < -0.3 is 9.32 Å². The highest BCUT2D eigenvalue weighted by Gasteiger charge is 2.27. The second kappa shape index (κ2) is 6.43. The molecule has 124 valence electrons. The van der Waals surface area contributed by atoms with Crippen LogP contribution in [0.5, 0.6) is 0 Å². The molecule has 1 unspecified atom stereocenters. The van der Waals surface area contributed by atoms with Crippen molar-refractivity contribution in [3.63, 3.8) is 0 Å². The number of carbonyl (C=O) groups is 1. The Morgan fingerprint density at radius 3 is 3.21 bits per heavy atom. The molecule has 3 aromatic rings. The van der Waals surface area contributed by atoms with Crippen LogP contribution in [0, 0.1) is 0 Å². The van der Waals surface area contributed by atoms with E-state index in [-0.39, 0.29) is 11.2 Å². The quantitative estimate of drug-likeness (QED) is 0.624. The zero-order valence-electron chi connectivity index (χ0n) is 13.0. The molecule has 0 aliphatic carbocycles. The summed E-state index contributed by atoms with van der Waals surface area (Å²) < 4.78 is 5.70. The number of thioether (sulfide) groups is 1. The van der Waals surface area contributed by atoms with Crippen molar-refractivity contribution in [2.75, 3.05) is 6.54 Å². The molecule has 1 aliphatic heterocycles. The normalized spacial score (nSPS) is 15.5. The molecule has 1 atom stereocenters. The van der Waals surface area contributed by atoms with Crippen LogP contribution in [0.2, 0.25) is 5.02 Å². The van der Waals surface area contributed by atoms with Crippen LogP contribution in [0.25, 0.3) is 11.1 Å². The minimum atomic E-state index is -0.242. The molecule has 7 heteroatoms. The smallest absolute Gasteiger partial charge is 0.257 e. The molecule has 4 nitrogen and oxygen atoms in total. The summed E-state index contributed by atoms with van der Waals surface area (Å²) in [4.78, 5) is 20.5. The van der Waals surface area contributed by atoms with Crippen molar-refractivity contribution in [2.24, 2.45) is 0 Å². The number of halogens is 1. The molecule has 1 aliphatic rings. The fourth-order valence-corrected chi connectivity index (χ4v) is 4.72. The molecule has 0 N–H and O–H groups in total. The molecular weight excluding hydrogens is 364 g/mol. The van der Waals surface area contributed by atoms with E-state index < -0.39 is 0 Å². The first-order valence-electron chi connectivity index (χ1n) is 7.67. The van der Waals surface area contributed by atoms with E-state index in [1.807, 2.05) is 11.8 Å². The number of nitrogens with zero attached hydrogens (tertiary/aromatic N) is 2. The monoisotopic (exact) mass is 378 g/mol. The van der Waals surface area contributed by atoms with Crippen LogP contribution in [0.3, 0.4) is 0 Å². The molecule has 4 rings (SSSR count). The van der Waals surface area contributed by atoms with Crippen LogP contribution in [0.15, 0.2) is 39.3 Å². The lowest BCUT2D eigenvalue weighted by molar-refractivity contribution is -0.131. The first kappa shape index (κ1) is 16.0. The highest BCUT2D eigenvalue weighted by Crippen LogP contribution is 2.30. The summed E-state index contributed by atoms with van der Waals surface area (Å²) in [5.41, 5.74) is 2.67. The number of hydrogen-bond acceptors (Lipinski definition) is 5. The number of aromatic nitrogens is 1. The summed E-state index contributed by atoms with van der Waals surface area (Å²) in [6.07, 6.45) is 0.942. The fraction of sp³-hybridized carbons (Fsp3) is 0.294. The van der Waals surface area contributed by atoms with E-state index in [2.05, 4.69) is 16.4 Å². The molecule has 0 fully saturated rings. The van der Waals surface area contributed by atoms with Gasteiger partial charge in [-0.25, -0.2) is 4.98 Å². The van der Waals surface area contributed by atoms with Crippen LogP contribution < -0.4 is 0 Å². The molecule has 0 spiro atoms. The predicted octanol–water partition coefficient (Wildman–Crippen LogP) is 4.61. The molecule has 3 heterocycles. The number of benzene rings is 1. The van der Waals surface area contributed by atoms with Crippen LogP contribution in [0.1, 0.15) is 17.4 Å². The van der Waals surface area contributed by atoms with E-state index >= 15 is 0 Å². The van der Waals surface area contributed by atoms with Gasteiger partial charge in [-0.15, -0.1) is 11.3 Å². The number of oxazole rings is 1. The molecule has 1 amide bonds. The first-order chi connectivity index (χ1) is 11.6. The molecule has 24 heavy (non-hydrogen) atoms. The van der Waals surface area contributed by atoms with Crippen LogP contribution in [-0.4, -0.2) is 27.6 Å². The van der Waals surface area contributed by atoms with E-state index in [4.69, 9.17) is 16.0 Å². The van der Waals surface area contributed by atoms with Crippen LogP contribution in [0.4, 0.5) is 0 Å². The Bertz CT molecular complexity index is 905. The van der Waals surface area contributed by atoms with Gasteiger partial charge in [0.1, 0.15) is 5.52 Å². The van der Waals surface area contributed by atoms with E-state index in [1.165, 1.54) is 22.2 Å². The number of carbonyl (C=O) groups excluding carboxylic acids is 1. The summed E-state index contributed by atoms with van der Waals surface area (Å²) >= 11 is 9.09. The summed E-state index contributed by atoms with van der Waals surface area (Å²) in [6, 6.07) is 7.44. The maximum Gasteiger partial charge on any atom is 0.257 e. The summed E-state index contributed by atoms with van der Waals surface area (Å²) in [5, 5.41) is 2.98. The Morgan fingerprint density at radius 1 is 1.46 bits per heavy atom. The zero-order chi connectivity index (χ0) is 16.7. The minimum absolute atomic E-state index is 0.122. The van der Waals surface area contributed by atoms with Gasteiger partial charge in [-0.1, -0.05) is 23.4 Å². The van der Waals surface area contributed by atoms with Gasteiger partial charge >= 0.3 is 0 Å². The lowest BCUT2D eigenvalue weighted by Gasteiger charge is -2.28. The first-order valence-corrected chi connectivity index (χ1v) is 9.80. The van der Waals surface area contributed by atoms with Crippen molar-refractivity contribution in [3.8, 4) is 0 Å². The summed E-state index contributed by atoms with van der Waals surface area (Å²) in [7, 11) is 0. The number of amides is 1. The van der Waals surface area contributed by atoms with Gasteiger partial charge in [0, 0.05) is 23.0 Å². The third-order valence-corrected chi connectivity index (χ3v) is 6.26. The summed E-state index contributed by atoms with van der Waals surface area (Å²) in [6.45, 7) is 3.38. The third kappa shape index (κ3) is 3.06. The Kier molecular flexibility index (Phi) is 4.28. The van der Waals surface area contributed by atoms with Crippen molar-refractivity contribution in [1.82, 2.24) is 9.88 Å². The largest absolute Gasteiger partial charge is 0.431 e. The Balaban J connectivity index is 1.47. The number of thiophene rings is 1. The molecule has 0 radical (unpaired) electrons. The maximum atomic E-state index is 12.7. The third-order valence-electron chi connectivity index (χ3n) is 4.07. The Hall–Kier alpha value is -1.50. The number of fused-ring (bicyclic) bond motifs is 2. The molecular formula is C17H15ClN2O2S2. The van der Waals surface area contributed by atoms with Crippen molar-refractivity contribution in [2.45, 2.75) is 30.4 Å². The average molecular weight is 379 g/mol. The molecule has 2 aromatic heterocycles. The van der Waals surface area contributed by atoms with Crippen molar-refractivity contribution >= 4 is 51.7 Å². The van der Waals surface area contributed by atoms with E-state index in [0.717, 1.165) is 13.0 Å². The van der Waals surface area contributed by atoms with E-state index in [9.17, 15) is 4.79 Å². The fourth-order valence-electron chi connectivity index (χ4n) is 2.83. The van der Waals surface area contributed by atoms with Crippen molar-refractivity contribution in [1.29, 1.82) is 0 Å². The zero-order valence-corrected chi connectivity index (χ0v) is 15.4. The standard InChI is InChI=1S/C17H15ClN2O2S2/c1-10(16(21)20-6-4-15-11(9-20)5-7-23-15)24-17-19-13-8-12(18)2-3-14(13)22-17/h2-3,5,7-8,10H,4,6,9H2,1H3. The van der Waals surface area contributed by atoms with Gasteiger partial charge in [-0.05, 0) is 48.6 Å². The average Bonchev–Trinajstić information content (AvgIpc) is 3.18. The molecule has 0 bridgehead atoms. The number of hydrogen-bond donors (Lipinski definition) is 0. The molecule has 1 aromatic carbocycles. The summed E-state index contributed by atoms with van der Waals surface area (Å²) in [5.74, 6) is 0.122. The van der Waals surface area contributed by atoms with Gasteiger partial charge in [0.05, 0.1) is 5.25 Å².